The molecular weight excluding hydrogens is 226 g/mol. The van der Waals surface area contributed by atoms with Crippen molar-refractivity contribution < 1.29 is 17.3 Å². The van der Waals surface area contributed by atoms with Crippen LogP contribution in [0.15, 0.2) is 12.7 Å². The molecular formula is C9H21BF4P-. The molecule has 0 nitrogen and oxygen atoms in total. The molecule has 0 amide bonds. The van der Waals surface area contributed by atoms with Gasteiger partial charge in [0, 0.05) is 0 Å². The van der Waals surface area contributed by atoms with E-state index >= 15 is 0 Å². The first kappa shape index (κ1) is 17.4. The van der Waals surface area contributed by atoms with Crippen molar-refractivity contribution in [2.24, 2.45) is 0 Å². The van der Waals surface area contributed by atoms with Crippen LogP contribution in [-0.4, -0.2) is 31.9 Å². The fourth-order valence-electron chi connectivity index (χ4n) is 1.49. The van der Waals surface area contributed by atoms with Crippen LogP contribution in [-0.2, 0) is 0 Å². The Morgan fingerprint density at radius 3 is 1.33 bits per heavy atom. The third kappa shape index (κ3) is 11.9. The summed E-state index contributed by atoms with van der Waals surface area (Å²) in [5, 5.41) is 0. The van der Waals surface area contributed by atoms with Crippen molar-refractivity contribution in [2.45, 2.75) is 20.8 Å². The van der Waals surface area contributed by atoms with Gasteiger partial charge >= 0.3 is 72.6 Å². The van der Waals surface area contributed by atoms with E-state index in [1.54, 1.807) is 0 Å². The Morgan fingerprint density at radius 2 is 1.27 bits per heavy atom. The average molecular weight is 247 g/mol. The summed E-state index contributed by atoms with van der Waals surface area (Å²) in [6, 6.07) is 0. The summed E-state index contributed by atoms with van der Waals surface area (Å²) in [7, 11) is -6.84. The van der Waals surface area contributed by atoms with Crippen molar-refractivity contribution in [3.8, 4) is 0 Å². The predicted octanol–water partition coefficient (Wildman–Crippen LogP) is 4.28. The van der Waals surface area contributed by atoms with Crippen molar-refractivity contribution >= 4 is 14.5 Å². The SMILES string of the molecule is C=CC[PH](CC)(CC)CC.F[B-](F)(F)F. The van der Waals surface area contributed by atoms with E-state index in [0.717, 1.165) is 0 Å². The van der Waals surface area contributed by atoms with E-state index in [4.69, 9.17) is 0 Å². The van der Waals surface area contributed by atoms with Gasteiger partial charge in [0.05, 0.1) is 0 Å². The largest absolute Gasteiger partial charge is 0.673 e. The molecule has 0 rings (SSSR count). The zero-order chi connectivity index (χ0) is 12.5. The Bertz CT molecular complexity index is 152. The van der Waals surface area contributed by atoms with Crippen LogP contribution in [0.3, 0.4) is 0 Å². The monoisotopic (exact) mass is 247 g/mol. The van der Waals surface area contributed by atoms with E-state index in [2.05, 4.69) is 33.4 Å². The van der Waals surface area contributed by atoms with Crippen molar-refractivity contribution in [2.75, 3.05) is 24.6 Å². The second kappa shape index (κ2) is 8.15. The maximum Gasteiger partial charge on any atom is 0.673 e. The summed E-state index contributed by atoms with van der Waals surface area (Å²) in [5.74, 6) is 0. The van der Waals surface area contributed by atoms with E-state index in [-0.39, 0.29) is 0 Å². The van der Waals surface area contributed by atoms with Crippen LogP contribution in [0.5, 0.6) is 0 Å². The number of allylic oxidation sites excluding steroid dienone is 1. The average Bonchev–Trinajstić information content (AvgIpc) is 2.12. The molecule has 0 aromatic heterocycles. The number of hydrogen-bond acceptors (Lipinski definition) is 0. The summed E-state index contributed by atoms with van der Waals surface area (Å²) < 4.78 is 39.0. The topological polar surface area (TPSA) is 0 Å². The summed E-state index contributed by atoms with van der Waals surface area (Å²) in [6.45, 7) is 10.8. The molecule has 0 radical (unpaired) electrons. The fraction of sp³-hybridized carbons (Fsp3) is 0.778. The van der Waals surface area contributed by atoms with Crippen LogP contribution in [0.2, 0.25) is 0 Å². The Kier molecular flexibility index (Phi) is 9.43. The number of halogens is 4. The van der Waals surface area contributed by atoms with Crippen molar-refractivity contribution in [1.29, 1.82) is 0 Å². The first-order valence-electron chi connectivity index (χ1n) is 5.22. The van der Waals surface area contributed by atoms with Crippen molar-refractivity contribution in [3.05, 3.63) is 12.7 Å². The van der Waals surface area contributed by atoms with Gasteiger partial charge in [-0.15, -0.1) is 0 Å². The molecule has 0 aromatic carbocycles. The third-order valence-electron chi connectivity index (χ3n) is 2.83. The summed E-state index contributed by atoms with van der Waals surface area (Å²) in [6.07, 6.45) is 7.70. The van der Waals surface area contributed by atoms with Crippen LogP contribution in [0.1, 0.15) is 20.8 Å². The minimum atomic E-state index is -6.00. The standard InChI is InChI=1S/C9H21P.BF4/c1-5-9-10(6-2,7-3)8-4;2-1(3,4)5/h5,10H,1,6-9H2,2-4H3;/q;-1. The van der Waals surface area contributed by atoms with E-state index in [9.17, 15) is 17.3 Å². The molecule has 0 spiro atoms. The van der Waals surface area contributed by atoms with Gasteiger partial charge in [-0.3, -0.25) is 0 Å². The molecule has 0 aliphatic carbocycles. The molecule has 0 bridgehead atoms. The molecule has 0 N–H and O–H groups in total. The van der Waals surface area contributed by atoms with Crippen molar-refractivity contribution in [3.63, 3.8) is 0 Å². The zero-order valence-corrected chi connectivity index (χ0v) is 10.7. The molecule has 0 aliphatic rings. The van der Waals surface area contributed by atoms with Gasteiger partial charge in [-0.25, -0.2) is 0 Å². The molecule has 0 atom stereocenters. The van der Waals surface area contributed by atoms with E-state index in [1.807, 2.05) is 0 Å². The predicted molar refractivity (Wildman–Crippen MR) is 65.2 cm³/mol. The smallest absolute Gasteiger partial charge is 0.418 e. The molecule has 0 aromatic rings. The minimum Gasteiger partial charge on any atom is -0.418 e. The third-order valence-corrected chi connectivity index (χ3v) is 8.48. The van der Waals surface area contributed by atoms with Crippen molar-refractivity contribution in [1.82, 2.24) is 0 Å². The molecule has 0 fully saturated rings. The first-order chi connectivity index (χ1) is 6.74. The maximum absolute atomic E-state index is 9.75. The Labute approximate surface area is 90.6 Å². The Hall–Kier alpha value is -0.0451. The Morgan fingerprint density at radius 1 is 1.00 bits per heavy atom. The molecule has 0 saturated heterocycles. The van der Waals surface area contributed by atoms with Crippen LogP contribution in [0.25, 0.3) is 0 Å². The summed E-state index contributed by atoms with van der Waals surface area (Å²) in [5.41, 5.74) is 0. The zero-order valence-electron chi connectivity index (χ0n) is 9.70. The van der Waals surface area contributed by atoms with Gasteiger partial charge in [-0.2, -0.15) is 0 Å². The van der Waals surface area contributed by atoms with E-state index in [0.29, 0.717) is 0 Å². The van der Waals surface area contributed by atoms with Gasteiger partial charge in [-0.1, -0.05) is 0 Å². The van der Waals surface area contributed by atoms with Crippen LogP contribution < -0.4 is 0 Å². The second-order valence-corrected chi connectivity index (χ2v) is 9.08. The summed E-state index contributed by atoms with van der Waals surface area (Å²) >= 11 is 0. The van der Waals surface area contributed by atoms with Gasteiger partial charge in [0.25, 0.3) is 0 Å². The van der Waals surface area contributed by atoms with Gasteiger partial charge < -0.3 is 17.3 Å². The normalized spacial score (nSPS) is 12.7. The summed E-state index contributed by atoms with van der Waals surface area (Å²) in [4.78, 5) is 0. The van der Waals surface area contributed by atoms with Crippen LogP contribution >= 0.6 is 7.26 Å². The van der Waals surface area contributed by atoms with Gasteiger partial charge in [-0.05, 0) is 0 Å². The minimum absolute atomic E-state index is 0.835. The van der Waals surface area contributed by atoms with Gasteiger partial charge in [0.2, 0.25) is 0 Å². The van der Waals surface area contributed by atoms with Gasteiger partial charge in [0.15, 0.2) is 0 Å². The molecule has 0 aliphatic heterocycles. The molecule has 0 heterocycles. The second-order valence-electron chi connectivity index (χ2n) is 3.55. The molecule has 0 saturated carbocycles. The molecule has 15 heavy (non-hydrogen) atoms. The number of rotatable bonds is 5. The molecule has 0 unspecified atom stereocenters. The Balaban J connectivity index is 0. The molecule has 94 valence electrons. The van der Waals surface area contributed by atoms with E-state index in [1.165, 1.54) is 24.6 Å². The van der Waals surface area contributed by atoms with E-state index < -0.39 is 14.5 Å². The van der Waals surface area contributed by atoms with Crippen LogP contribution in [0, 0.1) is 0 Å². The maximum atomic E-state index is 9.75. The quantitative estimate of drug-likeness (QED) is 0.294. The van der Waals surface area contributed by atoms with Gasteiger partial charge in [0.1, 0.15) is 0 Å². The first-order valence-corrected chi connectivity index (χ1v) is 8.05. The number of hydrogen-bond donors (Lipinski definition) is 0. The fourth-order valence-corrected chi connectivity index (χ4v) is 4.47. The van der Waals surface area contributed by atoms with Crippen LogP contribution in [0.4, 0.5) is 17.3 Å². The molecule has 6 heteroatoms.